The largest absolute Gasteiger partial charge is 1.00 e. The molecule has 0 saturated heterocycles. The van der Waals surface area contributed by atoms with Crippen molar-refractivity contribution >= 4 is 16.0 Å². The fourth-order valence-corrected chi connectivity index (χ4v) is 0.682. The van der Waals surface area contributed by atoms with E-state index in [1.165, 1.54) is 0 Å². The Morgan fingerprint density at radius 1 is 1.60 bits per heavy atom. The van der Waals surface area contributed by atoms with Gasteiger partial charge in [0.05, 0.1) is 5.97 Å². The van der Waals surface area contributed by atoms with E-state index in [9.17, 15) is 18.3 Å². The number of carboxylic acids is 1. The molecule has 0 unspecified atom stereocenters. The summed E-state index contributed by atoms with van der Waals surface area (Å²) in [6.07, 6.45) is 0. The number of carbonyl (C=O) groups is 1. The number of rotatable bonds is 3. The van der Waals surface area contributed by atoms with E-state index in [0.29, 0.717) is 0 Å². The van der Waals surface area contributed by atoms with Crippen molar-refractivity contribution in [2.75, 3.05) is 12.8 Å². The van der Waals surface area contributed by atoms with E-state index in [-0.39, 0.29) is 51.4 Å². The molecule has 0 aliphatic heterocycles. The van der Waals surface area contributed by atoms with Crippen LogP contribution in [0.2, 0.25) is 0 Å². The molecule has 0 atom stereocenters. The molecule has 0 aromatic heterocycles. The Balaban J connectivity index is 0. The zero-order valence-electron chi connectivity index (χ0n) is 5.75. The molecule has 0 spiro atoms. The summed E-state index contributed by atoms with van der Waals surface area (Å²) in [6, 6.07) is 0. The van der Waals surface area contributed by atoms with Crippen LogP contribution in [-0.4, -0.2) is 27.2 Å². The van der Waals surface area contributed by atoms with E-state index in [4.69, 9.17) is 0 Å². The van der Waals surface area contributed by atoms with Gasteiger partial charge >= 0.3 is 51.4 Å². The summed E-state index contributed by atoms with van der Waals surface area (Å²) in [5, 5.41) is 9.64. The van der Waals surface area contributed by atoms with Gasteiger partial charge in [0.1, 0.15) is 5.75 Å². The van der Waals surface area contributed by atoms with Gasteiger partial charge in [-0.15, -0.1) is 0 Å². The Morgan fingerprint density at radius 2 is 2.00 bits per heavy atom. The van der Waals surface area contributed by atoms with Crippen LogP contribution >= 0.6 is 0 Å². The van der Waals surface area contributed by atoms with E-state index in [1.54, 1.807) is 0 Å². The van der Waals surface area contributed by atoms with Crippen molar-refractivity contribution in [3.8, 4) is 0 Å². The van der Waals surface area contributed by atoms with Crippen molar-refractivity contribution in [1.82, 2.24) is 4.72 Å². The molecule has 0 aromatic carbocycles. The second-order valence-corrected chi connectivity index (χ2v) is 3.26. The second kappa shape index (κ2) is 5.64. The summed E-state index contributed by atoms with van der Waals surface area (Å²) in [4.78, 5) is 9.64. The monoisotopic (exact) mass is 191 g/mol. The molecule has 0 aromatic rings. The molecular weight excluding hydrogens is 185 g/mol. The minimum Gasteiger partial charge on any atom is -0.549 e. The predicted octanol–water partition coefficient (Wildman–Crippen LogP) is -5.71. The van der Waals surface area contributed by atoms with Crippen LogP contribution < -0.4 is 61.2 Å². The molecule has 10 heavy (non-hydrogen) atoms. The van der Waals surface area contributed by atoms with Gasteiger partial charge in [0.2, 0.25) is 10.0 Å². The molecule has 54 valence electrons. The van der Waals surface area contributed by atoms with Gasteiger partial charge in [0, 0.05) is 0 Å². The Labute approximate surface area is 102 Å². The molecule has 0 heterocycles. The summed E-state index contributed by atoms with van der Waals surface area (Å²) in [6.45, 7) is 0. The number of aliphatic carboxylic acids is 1. The van der Waals surface area contributed by atoms with Crippen molar-refractivity contribution in [3.63, 3.8) is 0 Å². The predicted molar refractivity (Wildman–Crippen MR) is 27.9 cm³/mol. The van der Waals surface area contributed by atoms with Crippen molar-refractivity contribution in [1.29, 1.82) is 0 Å². The summed E-state index contributed by atoms with van der Waals surface area (Å²) in [5.41, 5.74) is 0. The van der Waals surface area contributed by atoms with Crippen LogP contribution in [0.25, 0.3) is 0 Å². The molecule has 0 bridgehead atoms. The second-order valence-electron chi connectivity index (χ2n) is 1.34. The summed E-state index contributed by atoms with van der Waals surface area (Å²) < 4.78 is 22.4. The first-order valence-electron chi connectivity index (χ1n) is 2.09. The van der Waals surface area contributed by atoms with E-state index >= 15 is 0 Å². The minimum atomic E-state index is -3.63. The number of hydrogen-bond donors (Lipinski definition) is 1. The number of nitrogens with one attached hydrogen (secondary N) is 1. The molecule has 0 aliphatic carbocycles. The Bertz CT molecular complexity index is 199. The Hall–Kier alpha value is 1.02. The molecule has 0 radical (unpaired) electrons. The smallest absolute Gasteiger partial charge is 0.549 e. The van der Waals surface area contributed by atoms with Gasteiger partial charge in [0.25, 0.3) is 0 Å². The summed E-state index contributed by atoms with van der Waals surface area (Å²) in [7, 11) is -2.49. The summed E-state index contributed by atoms with van der Waals surface area (Å²) in [5.74, 6) is -2.59. The number of sulfonamides is 1. The standard InChI is InChI=1S/C3H7NO4S.K/c1-4-9(7,8)2-3(5)6;/h4H,2H2,1H3,(H,5,6);/q;+1/p-1. The van der Waals surface area contributed by atoms with Crippen LogP contribution in [0.3, 0.4) is 0 Å². The van der Waals surface area contributed by atoms with Gasteiger partial charge in [-0.05, 0) is 7.05 Å². The minimum absolute atomic E-state index is 0. The molecule has 0 aliphatic rings. The SMILES string of the molecule is CNS(=O)(=O)CC(=O)[O-].[K+]. The maximum atomic E-state index is 10.3. The zero-order valence-corrected chi connectivity index (χ0v) is 9.69. The quantitative estimate of drug-likeness (QED) is 0.450. The van der Waals surface area contributed by atoms with Gasteiger partial charge in [-0.1, -0.05) is 0 Å². The van der Waals surface area contributed by atoms with Gasteiger partial charge < -0.3 is 9.90 Å². The van der Waals surface area contributed by atoms with E-state index in [1.807, 2.05) is 4.72 Å². The normalized spacial score (nSPS) is 10.1. The van der Waals surface area contributed by atoms with Crippen molar-refractivity contribution < 1.29 is 69.7 Å². The average Bonchev–Trinajstić information content (AvgIpc) is 1.63. The van der Waals surface area contributed by atoms with Gasteiger partial charge in [-0.2, -0.15) is 0 Å². The van der Waals surface area contributed by atoms with Gasteiger partial charge in [-0.25, -0.2) is 13.1 Å². The third kappa shape index (κ3) is 7.13. The number of carbonyl (C=O) groups excluding carboxylic acids is 1. The van der Waals surface area contributed by atoms with Crippen molar-refractivity contribution in [2.45, 2.75) is 0 Å². The molecular formula is C3H6KNO4S. The first-order valence-corrected chi connectivity index (χ1v) is 3.74. The Morgan fingerprint density at radius 3 is 2.10 bits per heavy atom. The first kappa shape index (κ1) is 13.6. The molecule has 0 saturated carbocycles. The summed E-state index contributed by atoms with van der Waals surface area (Å²) >= 11 is 0. The van der Waals surface area contributed by atoms with Crippen molar-refractivity contribution in [3.05, 3.63) is 0 Å². The third-order valence-electron chi connectivity index (χ3n) is 0.619. The fraction of sp³-hybridized carbons (Fsp3) is 0.667. The van der Waals surface area contributed by atoms with Crippen LogP contribution in [-0.2, 0) is 14.8 Å². The van der Waals surface area contributed by atoms with E-state index < -0.39 is 21.7 Å². The average molecular weight is 191 g/mol. The fourth-order valence-electron chi connectivity index (χ4n) is 0.227. The maximum Gasteiger partial charge on any atom is 1.00 e. The van der Waals surface area contributed by atoms with Crippen LogP contribution in [0.1, 0.15) is 0 Å². The van der Waals surface area contributed by atoms with Gasteiger partial charge in [0.15, 0.2) is 0 Å². The number of hydrogen-bond acceptors (Lipinski definition) is 4. The maximum absolute atomic E-state index is 10.3. The third-order valence-corrected chi connectivity index (χ3v) is 1.86. The topological polar surface area (TPSA) is 86.3 Å². The molecule has 5 nitrogen and oxygen atoms in total. The van der Waals surface area contributed by atoms with Crippen LogP contribution in [0, 0.1) is 0 Å². The Kier molecular flexibility index (Phi) is 7.67. The molecule has 1 N–H and O–H groups in total. The van der Waals surface area contributed by atoms with Crippen LogP contribution in [0.4, 0.5) is 0 Å². The van der Waals surface area contributed by atoms with Crippen molar-refractivity contribution in [2.24, 2.45) is 0 Å². The molecule has 7 heteroatoms. The van der Waals surface area contributed by atoms with Crippen LogP contribution in [0.15, 0.2) is 0 Å². The first-order chi connectivity index (χ1) is 3.98. The molecule has 0 amide bonds. The van der Waals surface area contributed by atoms with Crippen LogP contribution in [0.5, 0.6) is 0 Å². The molecule has 0 fully saturated rings. The van der Waals surface area contributed by atoms with E-state index in [2.05, 4.69) is 0 Å². The molecule has 0 rings (SSSR count). The number of carboxylic acid groups (broad SMARTS) is 1. The zero-order chi connectivity index (χ0) is 7.49. The van der Waals surface area contributed by atoms with Gasteiger partial charge in [-0.3, -0.25) is 0 Å². The van der Waals surface area contributed by atoms with E-state index in [0.717, 1.165) is 7.05 Å².